The van der Waals surface area contributed by atoms with Crippen LogP contribution in [0.1, 0.15) is 31.2 Å². The molecule has 1 saturated heterocycles. The van der Waals surface area contributed by atoms with E-state index in [-0.39, 0.29) is 35.8 Å². The Morgan fingerprint density at radius 2 is 2.03 bits per heavy atom. The average molecular weight is 458 g/mol. The van der Waals surface area contributed by atoms with Gasteiger partial charge in [-0.25, -0.2) is 8.42 Å². The number of nitrogens with one attached hydrogen (secondary N) is 2. The lowest BCUT2D eigenvalue weighted by Gasteiger charge is -2.31. The second-order valence-corrected chi connectivity index (χ2v) is 10.2. The van der Waals surface area contributed by atoms with Crippen LogP contribution in [0.3, 0.4) is 0 Å². The number of fused-ring (bicyclic) bond motifs is 1. The minimum atomic E-state index is -3.81. The molecule has 8 nitrogen and oxygen atoms in total. The van der Waals surface area contributed by atoms with Crippen molar-refractivity contribution < 1.29 is 22.7 Å². The van der Waals surface area contributed by atoms with Crippen LogP contribution in [-0.4, -0.2) is 50.8 Å². The van der Waals surface area contributed by atoms with E-state index >= 15 is 0 Å². The quantitative estimate of drug-likeness (QED) is 0.693. The second kappa shape index (κ2) is 9.30. The normalized spacial score (nSPS) is 19.9. The molecule has 0 unspecified atom stereocenters. The van der Waals surface area contributed by atoms with Crippen LogP contribution in [0.4, 0.5) is 5.69 Å². The smallest absolute Gasteiger partial charge is 0.262 e. The van der Waals surface area contributed by atoms with E-state index < -0.39 is 15.9 Å². The number of anilines is 1. The van der Waals surface area contributed by atoms with Crippen molar-refractivity contribution >= 4 is 27.5 Å². The molecule has 0 aliphatic carbocycles. The fourth-order valence-electron chi connectivity index (χ4n) is 4.04. The van der Waals surface area contributed by atoms with Crippen LogP contribution in [-0.2, 0) is 19.6 Å². The zero-order valence-electron chi connectivity index (χ0n) is 17.9. The van der Waals surface area contributed by atoms with Crippen molar-refractivity contribution in [2.45, 2.75) is 30.6 Å². The van der Waals surface area contributed by atoms with Gasteiger partial charge in [0.2, 0.25) is 15.9 Å². The zero-order chi connectivity index (χ0) is 22.7. The fourth-order valence-corrected chi connectivity index (χ4v) is 5.59. The Kier molecular flexibility index (Phi) is 6.48. The number of rotatable bonds is 6. The SMILES string of the molecule is C[C@H](CNC(=O)[C@H]1CCCN(S(=O)(=O)c2ccc3c(c2)NC(=O)CO3)C1)c1ccccc1. The number of sulfonamides is 1. The Balaban J connectivity index is 1.41. The van der Waals surface area contributed by atoms with Gasteiger partial charge < -0.3 is 15.4 Å². The van der Waals surface area contributed by atoms with Crippen molar-refractivity contribution in [3.63, 3.8) is 0 Å². The third-order valence-electron chi connectivity index (χ3n) is 5.93. The van der Waals surface area contributed by atoms with E-state index in [1.54, 1.807) is 6.07 Å². The topological polar surface area (TPSA) is 105 Å². The van der Waals surface area contributed by atoms with Crippen molar-refractivity contribution in [1.29, 1.82) is 0 Å². The number of benzene rings is 2. The molecule has 0 aromatic heterocycles. The number of ether oxygens (including phenoxy) is 1. The van der Waals surface area contributed by atoms with Crippen LogP contribution in [0.2, 0.25) is 0 Å². The average Bonchev–Trinajstić information content (AvgIpc) is 2.82. The monoisotopic (exact) mass is 457 g/mol. The molecule has 2 aliphatic heterocycles. The predicted molar refractivity (Wildman–Crippen MR) is 120 cm³/mol. The molecule has 0 bridgehead atoms. The van der Waals surface area contributed by atoms with E-state index in [0.29, 0.717) is 37.4 Å². The number of nitrogens with zero attached hydrogens (tertiary/aromatic N) is 1. The van der Waals surface area contributed by atoms with E-state index in [9.17, 15) is 18.0 Å². The summed E-state index contributed by atoms with van der Waals surface area (Å²) in [5.74, 6) is -0.254. The summed E-state index contributed by atoms with van der Waals surface area (Å²) in [4.78, 5) is 24.4. The summed E-state index contributed by atoms with van der Waals surface area (Å²) >= 11 is 0. The lowest BCUT2D eigenvalue weighted by Crippen LogP contribution is -2.45. The number of carbonyl (C=O) groups is 2. The largest absolute Gasteiger partial charge is 0.482 e. The molecule has 32 heavy (non-hydrogen) atoms. The van der Waals surface area contributed by atoms with Gasteiger partial charge in [0.15, 0.2) is 6.61 Å². The van der Waals surface area contributed by atoms with Gasteiger partial charge in [-0.05, 0) is 42.5 Å². The van der Waals surface area contributed by atoms with Crippen molar-refractivity contribution in [2.75, 3.05) is 31.6 Å². The molecule has 0 saturated carbocycles. The molecular weight excluding hydrogens is 430 g/mol. The van der Waals surface area contributed by atoms with Crippen LogP contribution < -0.4 is 15.4 Å². The van der Waals surface area contributed by atoms with Crippen molar-refractivity contribution in [3.05, 3.63) is 54.1 Å². The summed E-state index contributed by atoms with van der Waals surface area (Å²) in [5, 5.41) is 5.62. The lowest BCUT2D eigenvalue weighted by atomic mass is 9.97. The van der Waals surface area contributed by atoms with E-state index in [2.05, 4.69) is 10.6 Å². The summed E-state index contributed by atoms with van der Waals surface area (Å²) in [5.41, 5.74) is 1.48. The van der Waals surface area contributed by atoms with E-state index in [0.717, 1.165) is 5.56 Å². The van der Waals surface area contributed by atoms with E-state index in [1.165, 1.54) is 16.4 Å². The highest BCUT2D eigenvalue weighted by Crippen LogP contribution is 2.32. The Bertz CT molecular complexity index is 1100. The molecular formula is C23H27N3O5S. The van der Waals surface area contributed by atoms with Crippen LogP contribution in [0.25, 0.3) is 0 Å². The van der Waals surface area contributed by atoms with Gasteiger partial charge in [0.05, 0.1) is 16.5 Å². The Labute approximate surface area is 188 Å². The Morgan fingerprint density at radius 1 is 1.25 bits per heavy atom. The molecule has 2 heterocycles. The number of hydrogen-bond acceptors (Lipinski definition) is 5. The highest BCUT2D eigenvalue weighted by Gasteiger charge is 2.34. The molecule has 2 N–H and O–H groups in total. The number of carbonyl (C=O) groups excluding carboxylic acids is 2. The molecule has 2 aromatic rings. The number of hydrogen-bond donors (Lipinski definition) is 2. The van der Waals surface area contributed by atoms with Gasteiger partial charge in [0.1, 0.15) is 5.75 Å². The van der Waals surface area contributed by atoms with E-state index in [4.69, 9.17) is 4.74 Å². The summed E-state index contributed by atoms with van der Waals surface area (Å²) in [7, 11) is -3.81. The van der Waals surface area contributed by atoms with Crippen molar-refractivity contribution in [2.24, 2.45) is 5.92 Å². The molecule has 4 rings (SSSR count). The molecule has 2 aliphatic rings. The molecule has 2 aromatic carbocycles. The second-order valence-electron chi connectivity index (χ2n) is 8.25. The maximum atomic E-state index is 13.2. The minimum Gasteiger partial charge on any atom is -0.482 e. The first-order chi connectivity index (χ1) is 15.3. The summed E-state index contributed by atoms with van der Waals surface area (Å²) in [6, 6.07) is 14.4. The molecule has 2 amide bonds. The number of piperidine rings is 1. The maximum absolute atomic E-state index is 13.2. The van der Waals surface area contributed by atoms with Gasteiger partial charge in [0.25, 0.3) is 5.91 Å². The van der Waals surface area contributed by atoms with Gasteiger partial charge >= 0.3 is 0 Å². The molecule has 2 atom stereocenters. The van der Waals surface area contributed by atoms with E-state index in [1.807, 2.05) is 37.3 Å². The number of amides is 2. The lowest BCUT2D eigenvalue weighted by molar-refractivity contribution is -0.126. The van der Waals surface area contributed by atoms with Crippen LogP contribution in [0.5, 0.6) is 5.75 Å². The van der Waals surface area contributed by atoms with Gasteiger partial charge in [-0.2, -0.15) is 4.31 Å². The first-order valence-electron chi connectivity index (χ1n) is 10.7. The highest BCUT2D eigenvalue weighted by molar-refractivity contribution is 7.89. The van der Waals surface area contributed by atoms with Gasteiger partial charge in [-0.3, -0.25) is 9.59 Å². The van der Waals surface area contributed by atoms with Crippen LogP contribution >= 0.6 is 0 Å². The van der Waals surface area contributed by atoms with Crippen LogP contribution in [0.15, 0.2) is 53.4 Å². The van der Waals surface area contributed by atoms with Gasteiger partial charge in [-0.1, -0.05) is 37.3 Å². The Hall–Kier alpha value is -2.91. The molecule has 0 radical (unpaired) electrons. The third kappa shape index (κ3) is 4.78. The summed E-state index contributed by atoms with van der Waals surface area (Å²) < 4.78 is 33.1. The van der Waals surface area contributed by atoms with Crippen molar-refractivity contribution in [1.82, 2.24) is 9.62 Å². The first kappa shape index (κ1) is 22.3. The zero-order valence-corrected chi connectivity index (χ0v) is 18.7. The third-order valence-corrected chi connectivity index (χ3v) is 7.79. The molecule has 170 valence electrons. The summed E-state index contributed by atoms with van der Waals surface area (Å²) in [6.45, 7) is 2.94. The maximum Gasteiger partial charge on any atom is 0.262 e. The molecule has 9 heteroatoms. The highest BCUT2D eigenvalue weighted by atomic mass is 32.2. The van der Waals surface area contributed by atoms with Gasteiger partial charge in [-0.15, -0.1) is 0 Å². The minimum absolute atomic E-state index is 0.0702. The Morgan fingerprint density at radius 3 is 2.81 bits per heavy atom. The van der Waals surface area contributed by atoms with Crippen LogP contribution in [0, 0.1) is 5.92 Å². The molecule has 1 fully saturated rings. The summed E-state index contributed by atoms with van der Waals surface area (Å²) in [6.07, 6.45) is 1.25. The molecule has 0 spiro atoms. The standard InChI is InChI=1S/C23H27N3O5S/c1-16(17-6-3-2-4-7-17)13-24-23(28)18-8-5-11-26(14-18)32(29,30)19-9-10-21-20(12-19)25-22(27)15-31-21/h2-4,6-7,9-10,12,16,18H,5,8,11,13-15H2,1H3,(H,24,28)(H,25,27)/t16-,18+/m1/s1. The first-order valence-corrected chi connectivity index (χ1v) is 12.2. The van der Waals surface area contributed by atoms with Gasteiger partial charge in [0, 0.05) is 19.6 Å². The predicted octanol–water partition coefficient (Wildman–Crippen LogP) is 2.34. The van der Waals surface area contributed by atoms with Crippen molar-refractivity contribution in [3.8, 4) is 5.75 Å². The fraction of sp³-hybridized carbons (Fsp3) is 0.391.